The average molecular weight is 574 g/mol. The average Bonchev–Trinajstić information content (AvgIpc) is 3.67. The first-order chi connectivity index (χ1) is 18.4. The number of carbonyl (C=O) groups excluding carboxylic acids is 2. The molecular formula is C25H28F5N5O3S. The molecule has 14 heteroatoms. The number of aliphatic hydroxyl groups excluding tert-OH is 1. The lowest BCUT2D eigenvalue weighted by Crippen LogP contribution is -2.40. The summed E-state index contributed by atoms with van der Waals surface area (Å²) >= 11 is 0.745. The Bertz CT molecular complexity index is 1240. The van der Waals surface area contributed by atoms with Gasteiger partial charge in [0.25, 0.3) is 18.2 Å². The molecule has 2 aromatic rings. The van der Waals surface area contributed by atoms with Crippen molar-refractivity contribution in [1.29, 1.82) is 0 Å². The second-order valence-electron chi connectivity index (χ2n) is 10.3. The Morgan fingerprint density at radius 1 is 1.13 bits per heavy atom. The highest BCUT2D eigenvalue weighted by atomic mass is 32.1. The molecule has 3 N–H and O–H groups in total. The number of nitrogens with one attached hydrogen (secondary N) is 2. The molecule has 4 heterocycles. The van der Waals surface area contributed by atoms with Crippen LogP contribution in [0.4, 0.5) is 27.8 Å². The van der Waals surface area contributed by atoms with Crippen LogP contribution in [-0.2, 0) is 0 Å². The minimum Gasteiger partial charge on any atom is -0.391 e. The largest absolute Gasteiger partial charge is 0.408 e. The van der Waals surface area contributed by atoms with Crippen LogP contribution < -0.4 is 10.6 Å². The highest BCUT2D eigenvalue weighted by molar-refractivity contribution is 7.17. The maximum absolute atomic E-state index is 14.2. The Kier molecular flexibility index (Phi) is 7.53. The molecule has 39 heavy (non-hydrogen) atoms. The van der Waals surface area contributed by atoms with Gasteiger partial charge in [0.1, 0.15) is 17.6 Å². The van der Waals surface area contributed by atoms with Gasteiger partial charge in [-0.15, -0.1) is 11.3 Å². The van der Waals surface area contributed by atoms with Crippen LogP contribution in [0.15, 0.2) is 12.3 Å². The maximum atomic E-state index is 14.2. The fourth-order valence-corrected chi connectivity index (χ4v) is 6.67. The zero-order valence-electron chi connectivity index (χ0n) is 21.0. The van der Waals surface area contributed by atoms with Crippen LogP contribution in [0, 0.1) is 0 Å². The number of amides is 2. The van der Waals surface area contributed by atoms with Gasteiger partial charge in [0.2, 0.25) is 0 Å². The molecule has 0 radical (unpaired) electrons. The van der Waals surface area contributed by atoms with Crippen molar-refractivity contribution in [1.82, 2.24) is 20.2 Å². The summed E-state index contributed by atoms with van der Waals surface area (Å²) in [6.07, 6.45) is -2.33. The monoisotopic (exact) mass is 573 g/mol. The molecule has 2 amide bonds. The molecule has 8 nitrogen and oxygen atoms in total. The highest BCUT2D eigenvalue weighted by Gasteiger charge is 2.44. The van der Waals surface area contributed by atoms with E-state index >= 15 is 0 Å². The lowest BCUT2D eigenvalue weighted by atomic mass is 10.0. The SMILES string of the molecule is C[C@H](Nc1cc(C(F)F)c(-c2sc(C(=O)N[C@H]3CCC[C@@H]3O)nc2C(=O)N2[C@H]3CC[C@H]2CC3)cn1)C(F)(F)F. The lowest BCUT2D eigenvalue weighted by molar-refractivity contribution is -0.138. The third-order valence-corrected chi connectivity index (χ3v) is 8.87. The number of aromatic nitrogens is 2. The third-order valence-electron chi connectivity index (χ3n) is 7.78. The van der Waals surface area contributed by atoms with Crippen LogP contribution in [-0.4, -0.2) is 68.2 Å². The summed E-state index contributed by atoms with van der Waals surface area (Å²) in [7, 11) is 0. The normalized spacial score (nSPS) is 25.4. The van der Waals surface area contributed by atoms with Gasteiger partial charge in [0, 0.05) is 29.4 Å². The molecular weight excluding hydrogens is 545 g/mol. The zero-order chi connectivity index (χ0) is 28.1. The number of nitrogens with zero attached hydrogens (tertiary/aromatic N) is 3. The van der Waals surface area contributed by atoms with E-state index in [-0.39, 0.29) is 33.2 Å². The summed E-state index contributed by atoms with van der Waals surface area (Å²) in [5.74, 6) is -1.51. The quantitative estimate of drug-likeness (QED) is 0.406. The van der Waals surface area contributed by atoms with E-state index < -0.39 is 54.0 Å². The molecule has 2 aliphatic heterocycles. The van der Waals surface area contributed by atoms with Crippen molar-refractivity contribution in [2.24, 2.45) is 0 Å². The zero-order valence-corrected chi connectivity index (χ0v) is 21.8. The number of thiazole rings is 1. The van der Waals surface area contributed by atoms with Crippen LogP contribution in [0.2, 0.25) is 0 Å². The molecule has 5 rings (SSSR count). The van der Waals surface area contributed by atoms with Gasteiger partial charge in [-0.2, -0.15) is 13.2 Å². The minimum atomic E-state index is -4.62. The van der Waals surface area contributed by atoms with Crippen molar-refractivity contribution in [3.8, 4) is 10.4 Å². The number of rotatable bonds is 7. The van der Waals surface area contributed by atoms with Crippen molar-refractivity contribution < 1.29 is 36.6 Å². The summed E-state index contributed by atoms with van der Waals surface area (Å²) in [5.41, 5.74) is -0.978. The molecule has 0 unspecified atom stereocenters. The number of hydrogen-bond acceptors (Lipinski definition) is 7. The number of fused-ring (bicyclic) bond motifs is 2. The topological polar surface area (TPSA) is 107 Å². The molecule has 2 bridgehead atoms. The molecule has 1 saturated carbocycles. The van der Waals surface area contributed by atoms with Gasteiger partial charge in [-0.25, -0.2) is 18.7 Å². The smallest absolute Gasteiger partial charge is 0.391 e. The van der Waals surface area contributed by atoms with Gasteiger partial charge >= 0.3 is 6.18 Å². The predicted molar refractivity (Wildman–Crippen MR) is 133 cm³/mol. The molecule has 212 valence electrons. The molecule has 3 atom stereocenters. The van der Waals surface area contributed by atoms with Gasteiger partial charge in [-0.05, 0) is 57.9 Å². The first-order valence-corrected chi connectivity index (χ1v) is 13.7. The highest BCUT2D eigenvalue weighted by Crippen LogP contribution is 2.42. The van der Waals surface area contributed by atoms with E-state index in [0.29, 0.717) is 12.8 Å². The van der Waals surface area contributed by atoms with Gasteiger partial charge in [0.15, 0.2) is 5.01 Å². The molecule has 3 aliphatic rings. The van der Waals surface area contributed by atoms with E-state index in [1.807, 2.05) is 0 Å². The number of anilines is 1. The summed E-state index contributed by atoms with van der Waals surface area (Å²) in [5, 5.41) is 14.8. The number of halogens is 5. The van der Waals surface area contributed by atoms with E-state index in [2.05, 4.69) is 20.6 Å². The predicted octanol–water partition coefficient (Wildman–Crippen LogP) is 4.92. The van der Waals surface area contributed by atoms with E-state index in [9.17, 15) is 36.6 Å². The van der Waals surface area contributed by atoms with Crippen molar-refractivity contribution >= 4 is 29.0 Å². The van der Waals surface area contributed by atoms with E-state index in [1.54, 1.807) is 4.90 Å². The van der Waals surface area contributed by atoms with Crippen LogP contribution in [0.3, 0.4) is 0 Å². The number of alkyl halides is 5. The minimum absolute atomic E-state index is 0.00152. The molecule has 0 spiro atoms. The third kappa shape index (κ3) is 5.45. The Morgan fingerprint density at radius 3 is 2.36 bits per heavy atom. The summed E-state index contributed by atoms with van der Waals surface area (Å²) in [6, 6.07) is -1.69. The molecule has 0 aromatic carbocycles. The molecule has 3 fully saturated rings. The van der Waals surface area contributed by atoms with Gasteiger partial charge in [0.05, 0.1) is 17.0 Å². The van der Waals surface area contributed by atoms with Crippen molar-refractivity contribution in [3.63, 3.8) is 0 Å². The number of pyridine rings is 1. The number of hydrogen-bond donors (Lipinski definition) is 3. The Labute approximate surface area is 225 Å². The van der Waals surface area contributed by atoms with Crippen LogP contribution >= 0.6 is 11.3 Å². The standard InChI is InChI=1S/C25H28F5N5O3S/c1-11(25(28,29)30)32-18-9-14(21(26)27)15(10-31-18)20-19(24(38)35-12-5-6-13(35)8-7-12)34-23(39-20)22(37)33-16-3-2-4-17(16)36/h9-13,16-17,21,36H,2-8H2,1H3,(H,31,32)(H,33,37)/t11-,12-,13-,16-,17-/m0/s1. The lowest BCUT2D eigenvalue weighted by Gasteiger charge is -2.22. The number of aliphatic hydroxyl groups is 1. The van der Waals surface area contributed by atoms with E-state index in [4.69, 9.17) is 0 Å². The second-order valence-corrected chi connectivity index (χ2v) is 11.3. The fourth-order valence-electron chi connectivity index (χ4n) is 5.67. The Hall–Kier alpha value is -2.87. The Morgan fingerprint density at radius 2 is 1.79 bits per heavy atom. The van der Waals surface area contributed by atoms with Crippen LogP contribution in [0.5, 0.6) is 0 Å². The van der Waals surface area contributed by atoms with Gasteiger partial charge in [-0.1, -0.05) is 0 Å². The molecule has 2 saturated heterocycles. The van der Waals surface area contributed by atoms with E-state index in [1.165, 1.54) is 0 Å². The van der Waals surface area contributed by atoms with Crippen LogP contribution in [0.1, 0.15) is 84.1 Å². The van der Waals surface area contributed by atoms with E-state index in [0.717, 1.165) is 62.6 Å². The maximum Gasteiger partial charge on any atom is 0.408 e. The summed E-state index contributed by atoms with van der Waals surface area (Å²) in [6.45, 7) is 0.841. The second kappa shape index (κ2) is 10.6. The van der Waals surface area contributed by atoms with Gasteiger partial charge < -0.3 is 20.6 Å². The first-order valence-electron chi connectivity index (χ1n) is 12.9. The fraction of sp³-hybridized carbons (Fsp3) is 0.600. The van der Waals surface area contributed by atoms with Crippen molar-refractivity contribution in [2.45, 2.75) is 94.7 Å². The summed E-state index contributed by atoms with van der Waals surface area (Å²) in [4.78, 5) is 36.6. The van der Waals surface area contributed by atoms with Crippen molar-refractivity contribution in [2.75, 3.05) is 5.32 Å². The molecule has 1 aliphatic carbocycles. The Balaban J connectivity index is 1.53. The van der Waals surface area contributed by atoms with Crippen LogP contribution in [0.25, 0.3) is 10.4 Å². The number of carbonyl (C=O) groups is 2. The summed E-state index contributed by atoms with van der Waals surface area (Å²) < 4.78 is 67.4. The first kappa shape index (κ1) is 27.7. The van der Waals surface area contributed by atoms with Gasteiger partial charge in [-0.3, -0.25) is 9.59 Å². The van der Waals surface area contributed by atoms with Crippen molar-refractivity contribution in [3.05, 3.63) is 28.5 Å². The molecule has 2 aromatic heterocycles.